The number of carbonyl (C=O) groups is 1. The van der Waals surface area contributed by atoms with Crippen molar-refractivity contribution in [1.29, 1.82) is 5.26 Å². The highest BCUT2D eigenvalue weighted by atomic mass is 35.5. The average molecular weight is 501 g/mol. The quantitative estimate of drug-likeness (QED) is 0.231. The molecule has 0 radical (unpaired) electrons. The topological polar surface area (TPSA) is 75.3 Å². The summed E-state index contributed by atoms with van der Waals surface area (Å²) in [6.07, 6.45) is -8.43. The Hall–Kier alpha value is -3.91. The Morgan fingerprint density at radius 2 is 1.71 bits per heavy atom. The molecule has 0 aliphatic rings. The summed E-state index contributed by atoms with van der Waals surface area (Å²) < 4.78 is 84.7. The van der Waals surface area contributed by atoms with E-state index in [0.717, 1.165) is 48.5 Å². The van der Waals surface area contributed by atoms with Crippen molar-refractivity contribution in [1.82, 2.24) is 0 Å². The Balaban J connectivity index is 1.78. The lowest BCUT2D eigenvalue weighted by Crippen LogP contribution is -2.17. The van der Waals surface area contributed by atoms with Gasteiger partial charge in [0.2, 0.25) is 0 Å². The molecule has 3 rings (SSSR count). The normalized spacial score (nSPS) is 12.2. The molecule has 0 spiro atoms. The standard InChI is InChI=1S/C22H11ClF6N2O3/c23-18-7-1-13(21(24,25)26)10-17(18)19-8-6-16(33-19)9-12(11-30)20(32)31-14-2-4-15(5-3-14)34-22(27,28)29/h1-10H,(H,31,32)/b12-9+. The summed E-state index contributed by atoms with van der Waals surface area (Å²) in [7, 11) is 0. The number of nitrogens with one attached hydrogen (secondary N) is 1. The first-order valence-corrected chi connectivity index (χ1v) is 9.49. The first-order chi connectivity index (χ1) is 15.9. The molecule has 0 atom stereocenters. The molecule has 3 aromatic rings. The van der Waals surface area contributed by atoms with E-state index in [1.165, 1.54) is 12.1 Å². The van der Waals surface area contributed by atoms with E-state index in [0.29, 0.717) is 0 Å². The van der Waals surface area contributed by atoms with Crippen LogP contribution >= 0.6 is 11.6 Å². The summed E-state index contributed by atoms with van der Waals surface area (Å²) >= 11 is 5.98. The van der Waals surface area contributed by atoms with Gasteiger partial charge in [0, 0.05) is 17.3 Å². The van der Waals surface area contributed by atoms with Crippen molar-refractivity contribution in [3.05, 3.63) is 76.5 Å². The molecule has 0 bridgehead atoms. The van der Waals surface area contributed by atoms with E-state index in [4.69, 9.17) is 16.0 Å². The van der Waals surface area contributed by atoms with Crippen LogP contribution in [-0.2, 0) is 11.0 Å². The molecular formula is C22H11ClF6N2O3. The number of hydrogen-bond donors (Lipinski definition) is 1. The number of furan rings is 1. The lowest BCUT2D eigenvalue weighted by molar-refractivity contribution is -0.274. The molecule has 0 saturated heterocycles. The van der Waals surface area contributed by atoms with Crippen molar-refractivity contribution in [3.63, 3.8) is 0 Å². The second-order valence-corrected chi connectivity index (χ2v) is 7.00. The van der Waals surface area contributed by atoms with Crippen LogP contribution < -0.4 is 10.1 Å². The minimum atomic E-state index is -4.87. The number of nitriles is 1. The molecule has 12 heteroatoms. The number of ether oxygens (including phenoxy) is 1. The van der Waals surface area contributed by atoms with Gasteiger partial charge in [-0.25, -0.2) is 0 Å². The number of hydrogen-bond acceptors (Lipinski definition) is 4. The number of carbonyl (C=O) groups excluding carboxylic acids is 1. The van der Waals surface area contributed by atoms with E-state index in [-0.39, 0.29) is 27.8 Å². The van der Waals surface area contributed by atoms with Crippen LogP contribution in [-0.4, -0.2) is 12.3 Å². The predicted octanol–water partition coefficient (Wildman–Crippen LogP) is 7.06. The number of nitrogens with zero attached hydrogens (tertiary/aromatic N) is 1. The molecule has 2 aromatic carbocycles. The summed E-state index contributed by atoms with van der Waals surface area (Å²) in [5.41, 5.74) is -1.34. The zero-order valence-corrected chi connectivity index (χ0v) is 17.3. The third-order valence-electron chi connectivity index (χ3n) is 4.18. The summed E-state index contributed by atoms with van der Waals surface area (Å²) in [4.78, 5) is 12.3. The monoisotopic (exact) mass is 500 g/mol. The van der Waals surface area contributed by atoms with Gasteiger partial charge in [-0.2, -0.15) is 18.4 Å². The molecule has 1 N–H and O–H groups in total. The predicted molar refractivity (Wildman–Crippen MR) is 110 cm³/mol. The number of rotatable bonds is 5. The Labute approximate surface area is 192 Å². The first kappa shape index (κ1) is 24.7. The molecule has 1 amide bonds. The highest BCUT2D eigenvalue weighted by molar-refractivity contribution is 6.33. The second kappa shape index (κ2) is 9.52. The molecule has 0 aliphatic carbocycles. The highest BCUT2D eigenvalue weighted by Crippen LogP contribution is 2.36. The van der Waals surface area contributed by atoms with Crippen LogP contribution in [0.5, 0.6) is 5.75 Å². The number of amides is 1. The van der Waals surface area contributed by atoms with E-state index < -0.39 is 35.3 Å². The lowest BCUT2D eigenvalue weighted by Gasteiger charge is -2.09. The smallest absolute Gasteiger partial charge is 0.457 e. The Kier molecular flexibility index (Phi) is 6.93. The largest absolute Gasteiger partial charge is 0.573 e. The van der Waals surface area contributed by atoms with Crippen molar-refractivity contribution in [2.75, 3.05) is 5.32 Å². The maximum Gasteiger partial charge on any atom is 0.573 e. The molecule has 1 heterocycles. The van der Waals surface area contributed by atoms with Crippen LogP contribution in [0.25, 0.3) is 17.4 Å². The summed E-state index contributed by atoms with van der Waals surface area (Å²) in [6.45, 7) is 0. The molecule has 0 saturated carbocycles. The third kappa shape index (κ3) is 6.32. The zero-order chi connectivity index (χ0) is 25.1. The van der Waals surface area contributed by atoms with E-state index >= 15 is 0 Å². The number of benzene rings is 2. The van der Waals surface area contributed by atoms with E-state index in [1.54, 1.807) is 6.07 Å². The van der Waals surface area contributed by atoms with Crippen molar-refractivity contribution in [2.45, 2.75) is 12.5 Å². The molecule has 0 fully saturated rings. The van der Waals surface area contributed by atoms with Crippen LogP contribution in [0, 0.1) is 11.3 Å². The Morgan fingerprint density at radius 1 is 1.03 bits per heavy atom. The zero-order valence-electron chi connectivity index (χ0n) is 16.6. The Bertz CT molecular complexity index is 1270. The van der Waals surface area contributed by atoms with Crippen LogP contribution in [0.2, 0.25) is 5.02 Å². The maximum atomic E-state index is 13.0. The van der Waals surface area contributed by atoms with Gasteiger partial charge in [-0.3, -0.25) is 4.79 Å². The number of halogens is 7. The molecular weight excluding hydrogens is 490 g/mol. The fourth-order valence-corrected chi connectivity index (χ4v) is 2.91. The van der Waals surface area contributed by atoms with Crippen molar-refractivity contribution in [2.24, 2.45) is 0 Å². The average Bonchev–Trinajstić information content (AvgIpc) is 3.20. The van der Waals surface area contributed by atoms with Gasteiger partial charge in [0.1, 0.15) is 28.9 Å². The summed E-state index contributed by atoms with van der Waals surface area (Å²) in [5, 5.41) is 11.6. The highest BCUT2D eigenvalue weighted by Gasteiger charge is 2.32. The fourth-order valence-electron chi connectivity index (χ4n) is 2.69. The Morgan fingerprint density at radius 3 is 2.29 bits per heavy atom. The fraction of sp³-hybridized carbons (Fsp3) is 0.0909. The van der Waals surface area contributed by atoms with Crippen molar-refractivity contribution in [3.8, 4) is 23.1 Å². The van der Waals surface area contributed by atoms with Gasteiger partial charge in [-0.15, -0.1) is 13.2 Å². The molecule has 0 aliphatic heterocycles. The van der Waals surface area contributed by atoms with Gasteiger partial charge >= 0.3 is 12.5 Å². The van der Waals surface area contributed by atoms with E-state index in [1.807, 2.05) is 0 Å². The molecule has 34 heavy (non-hydrogen) atoms. The number of alkyl halides is 6. The van der Waals surface area contributed by atoms with E-state index in [9.17, 15) is 36.4 Å². The molecule has 5 nitrogen and oxygen atoms in total. The van der Waals surface area contributed by atoms with Gasteiger partial charge in [0.25, 0.3) is 5.91 Å². The minimum absolute atomic E-state index is 0.00548. The van der Waals surface area contributed by atoms with Crippen LogP contribution in [0.15, 0.2) is 64.6 Å². The molecule has 0 unspecified atom stereocenters. The summed E-state index contributed by atoms with van der Waals surface area (Å²) in [6, 6.07) is 11.2. The van der Waals surface area contributed by atoms with Crippen molar-refractivity contribution >= 4 is 29.3 Å². The lowest BCUT2D eigenvalue weighted by atomic mass is 10.1. The van der Waals surface area contributed by atoms with Crippen LogP contribution in [0.1, 0.15) is 11.3 Å². The molecule has 176 valence electrons. The van der Waals surface area contributed by atoms with Gasteiger partial charge in [-0.05, 0) is 54.6 Å². The van der Waals surface area contributed by atoms with Crippen LogP contribution in [0.4, 0.5) is 32.0 Å². The van der Waals surface area contributed by atoms with Gasteiger partial charge in [0.15, 0.2) is 0 Å². The SMILES string of the molecule is N#C/C(=C\c1ccc(-c2cc(C(F)(F)F)ccc2Cl)o1)C(=O)Nc1ccc(OC(F)(F)F)cc1. The van der Waals surface area contributed by atoms with Gasteiger partial charge < -0.3 is 14.5 Å². The van der Waals surface area contributed by atoms with E-state index in [2.05, 4.69) is 10.1 Å². The van der Waals surface area contributed by atoms with Gasteiger partial charge in [0.05, 0.1) is 10.6 Å². The number of anilines is 1. The second-order valence-electron chi connectivity index (χ2n) is 6.59. The maximum absolute atomic E-state index is 13.0. The summed E-state index contributed by atoms with van der Waals surface area (Å²) in [5.74, 6) is -1.45. The van der Waals surface area contributed by atoms with Gasteiger partial charge in [-0.1, -0.05) is 11.6 Å². The third-order valence-corrected chi connectivity index (χ3v) is 4.51. The van der Waals surface area contributed by atoms with Crippen molar-refractivity contribution < 1.29 is 40.3 Å². The minimum Gasteiger partial charge on any atom is -0.457 e. The van der Waals surface area contributed by atoms with Crippen LogP contribution in [0.3, 0.4) is 0 Å². The first-order valence-electron chi connectivity index (χ1n) is 9.11. The molecule has 1 aromatic heterocycles.